The molecule has 6 heterocycles. The van der Waals surface area contributed by atoms with Crippen molar-refractivity contribution < 1.29 is 9.13 Å². The van der Waals surface area contributed by atoms with Crippen LogP contribution < -0.4 is 9.13 Å². The Morgan fingerprint density at radius 3 is 2.42 bits per heavy atom. The molecular weight excluding hydrogens is 607 g/mol. The van der Waals surface area contributed by atoms with Crippen LogP contribution in [0.5, 0.6) is 0 Å². The van der Waals surface area contributed by atoms with Gasteiger partial charge >= 0.3 is 0 Å². The lowest BCUT2D eigenvalue weighted by molar-refractivity contribution is -0.862. The lowest BCUT2D eigenvalue weighted by Gasteiger charge is -2.43. The summed E-state index contributed by atoms with van der Waals surface area (Å²) < 4.78 is 10.2. The Hall–Kier alpha value is -5.20. The third kappa shape index (κ3) is 3.56. The van der Waals surface area contributed by atoms with E-state index in [0.29, 0.717) is 6.54 Å². The summed E-state index contributed by atoms with van der Waals surface area (Å²) in [7, 11) is 0. The fourth-order valence-electron chi connectivity index (χ4n) is 9.27. The van der Waals surface area contributed by atoms with Gasteiger partial charge in [0.15, 0.2) is 12.0 Å². The predicted octanol–water partition coefficient (Wildman–Crippen LogP) is 8.86. The molecule has 8 aromatic rings. The zero-order chi connectivity index (χ0) is 32.0. The molecule has 1 unspecified atom stereocenters. The summed E-state index contributed by atoms with van der Waals surface area (Å²) >= 11 is 1.90. The van der Waals surface area contributed by atoms with Crippen LogP contribution in [-0.4, -0.2) is 14.8 Å². The normalized spacial score (nSPS) is 17.6. The summed E-state index contributed by atoms with van der Waals surface area (Å²) in [5.74, 6) is 1.69. The van der Waals surface area contributed by atoms with Crippen LogP contribution in [0.15, 0.2) is 128 Å². The molecule has 0 saturated carbocycles. The van der Waals surface area contributed by atoms with E-state index in [9.17, 15) is 0 Å². The van der Waals surface area contributed by atoms with Crippen molar-refractivity contribution in [3.05, 3.63) is 133 Å². The topological polar surface area (TPSA) is 38.5 Å². The van der Waals surface area contributed by atoms with E-state index in [2.05, 4.69) is 149 Å². The Kier molecular flexibility index (Phi) is 5.89. The smallest absolute Gasteiger partial charge is 0.233 e. The summed E-state index contributed by atoms with van der Waals surface area (Å²) in [4.78, 5) is 5.29. The third-order valence-corrected chi connectivity index (χ3v) is 12.5. The molecule has 10 rings (SSSR count). The first kappa shape index (κ1) is 27.9. The van der Waals surface area contributed by atoms with Crippen LogP contribution in [0, 0.1) is 0 Å². The van der Waals surface area contributed by atoms with Crippen molar-refractivity contribution in [3.63, 3.8) is 0 Å². The molecule has 0 radical (unpaired) electrons. The molecule has 0 aliphatic carbocycles. The second kappa shape index (κ2) is 10.1. The van der Waals surface area contributed by atoms with Crippen molar-refractivity contribution in [3.8, 4) is 34.2 Å². The molecule has 0 N–H and O–H groups in total. The molecule has 0 saturated heterocycles. The third-order valence-electron chi connectivity index (χ3n) is 11.3. The second-order valence-electron chi connectivity index (χ2n) is 13.4. The lowest BCUT2D eigenvalue weighted by Crippen LogP contribution is -2.79. The Morgan fingerprint density at radius 2 is 1.54 bits per heavy atom. The van der Waals surface area contributed by atoms with Crippen LogP contribution in [0.4, 0.5) is 0 Å². The Bertz CT molecular complexity index is 2560. The molecule has 6 heteroatoms. The standard InChI is InChI=1S/C42H35N5S/c1-3-41(4-2)42(27-46-40(34-19-12-13-25-45(34)41)43-39(44-46)29-15-6-5-7-16-29)26-30-22-24-36-38(31-17-9-11-20-35(31)48-36)37(30)33-23-21-28-14-8-10-18-32(28)47(33)42/h5-25H,3-4,26-27H2,1-2H3/q+2. The van der Waals surface area contributed by atoms with Crippen LogP contribution in [0.1, 0.15) is 32.3 Å². The molecule has 232 valence electrons. The van der Waals surface area contributed by atoms with Crippen molar-refractivity contribution in [1.29, 1.82) is 0 Å². The van der Waals surface area contributed by atoms with Gasteiger partial charge in [-0.05, 0) is 35.9 Å². The van der Waals surface area contributed by atoms with Gasteiger partial charge in [0.1, 0.15) is 6.54 Å². The minimum absolute atomic E-state index is 0.286. The monoisotopic (exact) mass is 641 g/mol. The molecular formula is C42H35N5S+2. The minimum atomic E-state index is -0.410. The molecule has 5 nitrogen and oxygen atoms in total. The maximum Gasteiger partial charge on any atom is 0.255 e. The zero-order valence-corrected chi connectivity index (χ0v) is 27.9. The van der Waals surface area contributed by atoms with Crippen molar-refractivity contribution in [2.75, 3.05) is 0 Å². The lowest BCUT2D eigenvalue weighted by atomic mass is 9.66. The number of benzene rings is 4. The van der Waals surface area contributed by atoms with Gasteiger partial charge in [-0.15, -0.1) is 16.4 Å². The van der Waals surface area contributed by atoms with Gasteiger partial charge in [-0.3, -0.25) is 0 Å². The summed E-state index contributed by atoms with van der Waals surface area (Å²) in [6, 6.07) is 44.3. The van der Waals surface area contributed by atoms with Crippen molar-refractivity contribution in [1.82, 2.24) is 14.8 Å². The van der Waals surface area contributed by atoms with Crippen LogP contribution in [-0.2, 0) is 24.0 Å². The molecule has 48 heavy (non-hydrogen) atoms. The van der Waals surface area contributed by atoms with Crippen LogP contribution in [0.2, 0.25) is 0 Å². The largest absolute Gasteiger partial charge is 0.255 e. The van der Waals surface area contributed by atoms with E-state index in [1.54, 1.807) is 0 Å². The number of pyridine rings is 2. The van der Waals surface area contributed by atoms with E-state index in [1.807, 2.05) is 17.4 Å². The van der Waals surface area contributed by atoms with Gasteiger partial charge in [-0.1, -0.05) is 80.6 Å². The number of aromatic nitrogens is 5. The van der Waals surface area contributed by atoms with Crippen LogP contribution in [0.25, 0.3) is 65.2 Å². The highest BCUT2D eigenvalue weighted by Crippen LogP contribution is 2.50. The van der Waals surface area contributed by atoms with Gasteiger partial charge < -0.3 is 0 Å². The first-order chi connectivity index (χ1) is 23.7. The highest BCUT2D eigenvalue weighted by atomic mass is 32.1. The minimum Gasteiger partial charge on any atom is -0.233 e. The molecule has 2 aliphatic rings. The molecule has 1 spiro atoms. The van der Waals surface area contributed by atoms with Crippen molar-refractivity contribution >= 4 is 42.4 Å². The van der Waals surface area contributed by atoms with E-state index in [-0.39, 0.29) is 5.54 Å². The number of nitrogens with zero attached hydrogens (tertiary/aromatic N) is 5. The van der Waals surface area contributed by atoms with Gasteiger partial charge in [0.25, 0.3) is 11.2 Å². The summed E-state index contributed by atoms with van der Waals surface area (Å²) in [6.07, 6.45) is 5.08. The molecule has 4 aromatic heterocycles. The maximum atomic E-state index is 5.34. The van der Waals surface area contributed by atoms with Gasteiger partial charge in [-0.2, -0.15) is 9.13 Å². The van der Waals surface area contributed by atoms with Gasteiger partial charge in [0, 0.05) is 74.6 Å². The van der Waals surface area contributed by atoms with E-state index in [1.165, 1.54) is 47.9 Å². The van der Waals surface area contributed by atoms with Gasteiger partial charge in [0.2, 0.25) is 22.6 Å². The zero-order valence-electron chi connectivity index (χ0n) is 27.1. The van der Waals surface area contributed by atoms with E-state index < -0.39 is 5.54 Å². The average molecular weight is 642 g/mol. The van der Waals surface area contributed by atoms with Gasteiger partial charge in [0.05, 0.1) is 5.56 Å². The molecule has 2 aliphatic heterocycles. The maximum absolute atomic E-state index is 5.34. The Morgan fingerprint density at radius 1 is 0.750 bits per heavy atom. The quantitative estimate of drug-likeness (QED) is 0.181. The van der Waals surface area contributed by atoms with Crippen molar-refractivity contribution in [2.24, 2.45) is 0 Å². The summed E-state index contributed by atoms with van der Waals surface area (Å²) in [5.41, 5.74) is 6.75. The molecule has 0 amide bonds. The first-order valence-electron chi connectivity index (χ1n) is 17.1. The number of hydrogen-bond donors (Lipinski definition) is 0. The van der Waals surface area contributed by atoms with Gasteiger partial charge in [-0.25, -0.2) is 9.67 Å². The van der Waals surface area contributed by atoms with Crippen LogP contribution >= 0.6 is 11.3 Å². The average Bonchev–Trinajstić information content (AvgIpc) is 3.72. The van der Waals surface area contributed by atoms with E-state index in [0.717, 1.165) is 42.2 Å². The van der Waals surface area contributed by atoms with E-state index >= 15 is 0 Å². The predicted molar refractivity (Wildman–Crippen MR) is 194 cm³/mol. The number of rotatable bonds is 3. The van der Waals surface area contributed by atoms with Crippen molar-refractivity contribution in [2.45, 2.75) is 50.7 Å². The SMILES string of the molecule is CCC1(CC)[n+]2ccccc2-c2nc(-c3ccccc3)nn2CC12Cc1ccc3sc4ccccc4c3c1-c1ccc3ccccc3[n+]12. The molecule has 0 fully saturated rings. The van der Waals surface area contributed by atoms with Crippen LogP contribution in [0.3, 0.4) is 0 Å². The molecule has 4 aromatic carbocycles. The first-order valence-corrected chi connectivity index (χ1v) is 17.9. The summed E-state index contributed by atoms with van der Waals surface area (Å²) in [5, 5.41) is 9.30. The summed E-state index contributed by atoms with van der Waals surface area (Å²) in [6.45, 7) is 5.45. The molecule has 1 atom stereocenters. The number of fused-ring (bicyclic) bond motifs is 13. The Labute approximate surface area is 283 Å². The highest BCUT2D eigenvalue weighted by molar-refractivity contribution is 7.25. The second-order valence-corrected chi connectivity index (χ2v) is 14.5. The number of hydrogen-bond acceptors (Lipinski definition) is 3. The molecule has 0 bridgehead atoms. The fourth-order valence-corrected chi connectivity index (χ4v) is 10.4. The van der Waals surface area contributed by atoms with E-state index in [4.69, 9.17) is 10.1 Å². The fraction of sp³-hybridized carbons (Fsp3) is 0.190. The number of para-hydroxylation sites is 1. The number of thiophene rings is 1. The highest BCUT2D eigenvalue weighted by Gasteiger charge is 2.69. The Balaban J connectivity index is 1.36.